The van der Waals surface area contributed by atoms with Crippen LogP contribution < -0.4 is 9.64 Å². The molecule has 4 rings (SSSR count). The molecule has 0 radical (unpaired) electrons. The number of hydrogen-bond donors (Lipinski definition) is 0. The van der Waals surface area contributed by atoms with Gasteiger partial charge in [0.2, 0.25) is 10.0 Å². The summed E-state index contributed by atoms with van der Waals surface area (Å²) in [7, 11) is -2.28. The van der Waals surface area contributed by atoms with Gasteiger partial charge in [0.25, 0.3) is 0 Å². The molecule has 0 saturated carbocycles. The van der Waals surface area contributed by atoms with E-state index in [4.69, 9.17) is 9.26 Å². The molecule has 3 aromatic rings. The minimum Gasteiger partial charge on any atom is -0.495 e. The third kappa shape index (κ3) is 3.66. The molecule has 8 nitrogen and oxygen atoms in total. The molecular weight excluding hydrogens is 404 g/mol. The average Bonchev–Trinajstić information content (AvgIpc) is 3.12. The van der Waals surface area contributed by atoms with E-state index in [1.165, 1.54) is 11.4 Å². The van der Waals surface area contributed by atoms with Crippen LogP contribution in [0.2, 0.25) is 0 Å². The number of anilines is 1. The fourth-order valence-corrected chi connectivity index (χ4v) is 5.15. The molecule has 0 aliphatic carbocycles. The van der Waals surface area contributed by atoms with E-state index >= 15 is 0 Å². The summed E-state index contributed by atoms with van der Waals surface area (Å²) in [5.74, 6) is 1.72. The van der Waals surface area contributed by atoms with Gasteiger partial charge in [0.1, 0.15) is 16.5 Å². The van der Waals surface area contributed by atoms with Crippen LogP contribution in [0.15, 0.2) is 52.0 Å². The monoisotopic (exact) mass is 428 g/mol. The molecule has 0 unspecified atom stereocenters. The largest absolute Gasteiger partial charge is 0.495 e. The van der Waals surface area contributed by atoms with Crippen molar-refractivity contribution in [2.24, 2.45) is 0 Å². The summed E-state index contributed by atoms with van der Waals surface area (Å²) in [5.41, 5.74) is 2.31. The van der Waals surface area contributed by atoms with E-state index in [0.717, 1.165) is 17.1 Å². The van der Waals surface area contributed by atoms with Crippen molar-refractivity contribution in [1.29, 1.82) is 0 Å². The zero-order valence-corrected chi connectivity index (χ0v) is 18.0. The minimum absolute atomic E-state index is 0.127. The van der Waals surface area contributed by atoms with Crippen molar-refractivity contribution in [2.75, 3.05) is 38.2 Å². The fraction of sp³-hybridized carbons (Fsp3) is 0.333. The molecule has 0 bridgehead atoms. The molecule has 30 heavy (non-hydrogen) atoms. The first-order valence-electron chi connectivity index (χ1n) is 9.69. The summed E-state index contributed by atoms with van der Waals surface area (Å²) in [6.07, 6.45) is 1.74. The molecular formula is C21H24N4O4S. The van der Waals surface area contributed by atoms with Gasteiger partial charge in [-0.25, -0.2) is 13.4 Å². The van der Waals surface area contributed by atoms with Crippen LogP contribution in [0.4, 0.5) is 5.82 Å². The lowest BCUT2D eigenvalue weighted by Gasteiger charge is -2.34. The van der Waals surface area contributed by atoms with E-state index in [0.29, 0.717) is 43.3 Å². The Labute approximate surface area is 176 Å². The van der Waals surface area contributed by atoms with Gasteiger partial charge in [-0.1, -0.05) is 11.2 Å². The second kappa shape index (κ2) is 8.08. The molecule has 0 N–H and O–H groups in total. The fourth-order valence-electron chi connectivity index (χ4n) is 3.54. The van der Waals surface area contributed by atoms with Gasteiger partial charge in [0.15, 0.2) is 5.76 Å². The van der Waals surface area contributed by atoms with Crippen LogP contribution >= 0.6 is 0 Å². The Kier molecular flexibility index (Phi) is 5.48. The zero-order valence-electron chi connectivity index (χ0n) is 17.2. The average molecular weight is 429 g/mol. The first-order valence-corrected chi connectivity index (χ1v) is 11.1. The zero-order chi connectivity index (χ0) is 21.3. The third-order valence-electron chi connectivity index (χ3n) is 5.41. The summed E-state index contributed by atoms with van der Waals surface area (Å²) < 4.78 is 39.2. The number of ether oxygens (including phenoxy) is 1. The maximum Gasteiger partial charge on any atom is 0.246 e. The molecule has 0 spiro atoms. The van der Waals surface area contributed by atoms with Crippen LogP contribution in [0.25, 0.3) is 11.3 Å². The summed E-state index contributed by atoms with van der Waals surface area (Å²) in [6, 6.07) is 10.8. The normalized spacial score (nSPS) is 15.4. The smallest absolute Gasteiger partial charge is 0.246 e. The van der Waals surface area contributed by atoms with Crippen molar-refractivity contribution in [3.63, 3.8) is 0 Å². The molecule has 158 valence electrons. The van der Waals surface area contributed by atoms with Gasteiger partial charge < -0.3 is 14.2 Å². The first-order chi connectivity index (χ1) is 14.4. The highest BCUT2D eigenvalue weighted by Gasteiger charge is 2.32. The van der Waals surface area contributed by atoms with Crippen LogP contribution in [0.5, 0.6) is 5.75 Å². The minimum atomic E-state index is -3.75. The van der Waals surface area contributed by atoms with Gasteiger partial charge in [0.05, 0.1) is 12.8 Å². The molecule has 2 aromatic heterocycles. The molecule has 1 saturated heterocycles. The molecule has 9 heteroatoms. The van der Waals surface area contributed by atoms with Gasteiger partial charge in [-0.2, -0.15) is 4.31 Å². The van der Waals surface area contributed by atoms with E-state index in [1.54, 1.807) is 24.4 Å². The van der Waals surface area contributed by atoms with E-state index < -0.39 is 10.0 Å². The predicted molar refractivity (Wildman–Crippen MR) is 113 cm³/mol. The van der Waals surface area contributed by atoms with E-state index in [-0.39, 0.29) is 4.90 Å². The second-order valence-corrected chi connectivity index (χ2v) is 9.07. The lowest BCUT2D eigenvalue weighted by molar-refractivity contribution is 0.373. The molecule has 1 fully saturated rings. The number of hydrogen-bond acceptors (Lipinski definition) is 7. The number of rotatable bonds is 5. The van der Waals surface area contributed by atoms with Crippen molar-refractivity contribution in [3.8, 4) is 17.1 Å². The number of aryl methyl sites for hydroxylation is 1. The van der Waals surface area contributed by atoms with Crippen molar-refractivity contribution in [3.05, 3.63) is 53.9 Å². The number of methoxy groups -OCH3 is 1. The van der Waals surface area contributed by atoms with Crippen LogP contribution in [0.3, 0.4) is 0 Å². The van der Waals surface area contributed by atoms with E-state index in [9.17, 15) is 8.42 Å². The molecule has 3 heterocycles. The highest BCUT2D eigenvalue weighted by atomic mass is 32.2. The van der Waals surface area contributed by atoms with Crippen molar-refractivity contribution < 1.29 is 17.7 Å². The number of piperazine rings is 1. The molecule has 1 aromatic carbocycles. The number of pyridine rings is 1. The SMILES string of the molecule is COc1ccc(-c2onc(C)c2C)cc1S(=O)(=O)N1CCN(c2ccccn2)CC1. The lowest BCUT2D eigenvalue weighted by Crippen LogP contribution is -2.48. The second-order valence-electron chi connectivity index (χ2n) is 7.17. The Morgan fingerprint density at radius 3 is 2.43 bits per heavy atom. The number of sulfonamides is 1. The molecule has 0 atom stereocenters. The van der Waals surface area contributed by atoms with Gasteiger partial charge in [0, 0.05) is 43.5 Å². The topological polar surface area (TPSA) is 88.8 Å². The van der Waals surface area contributed by atoms with Gasteiger partial charge in [-0.15, -0.1) is 0 Å². The van der Waals surface area contributed by atoms with Crippen LogP contribution in [0, 0.1) is 13.8 Å². The van der Waals surface area contributed by atoms with Crippen LogP contribution in [-0.4, -0.2) is 56.2 Å². The number of benzene rings is 1. The highest BCUT2D eigenvalue weighted by Crippen LogP contribution is 2.34. The van der Waals surface area contributed by atoms with Crippen molar-refractivity contribution in [2.45, 2.75) is 18.7 Å². The first kappa shape index (κ1) is 20.4. The van der Waals surface area contributed by atoms with Crippen LogP contribution in [-0.2, 0) is 10.0 Å². The van der Waals surface area contributed by atoms with Gasteiger partial charge in [-0.3, -0.25) is 0 Å². The summed E-state index contributed by atoms with van der Waals surface area (Å²) in [6.45, 7) is 5.62. The summed E-state index contributed by atoms with van der Waals surface area (Å²) in [5, 5.41) is 3.98. The molecule has 1 aliphatic heterocycles. The number of nitrogens with zero attached hydrogens (tertiary/aromatic N) is 4. The Morgan fingerprint density at radius 1 is 1.07 bits per heavy atom. The Bertz CT molecular complexity index is 1140. The lowest BCUT2D eigenvalue weighted by atomic mass is 10.1. The maximum absolute atomic E-state index is 13.4. The van der Waals surface area contributed by atoms with E-state index in [1.807, 2.05) is 32.0 Å². The van der Waals surface area contributed by atoms with Gasteiger partial charge in [-0.05, 0) is 44.2 Å². The predicted octanol–water partition coefficient (Wildman–Crippen LogP) is 2.87. The van der Waals surface area contributed by atoms with Crippen LogP contribution in [0.1, 0.15) is 11.3 Å². The molecule has 0 amide bonds. The standard InChI is InChI=1S/C21H24N4O4S/c1-15-16(2)23-29-21(15)17-7-8-18(28-3)19(14-17)30(26,27)25-12-10-24(11-13-25)20-6-4-5-9-22-20/h4-9,14H,10-13H2,1-3H3. The van der Waals surface area contributed by atoms with E-state index in [2.05, 4.69) is 15.0 Å². The Balaban J connectivity index is 1.62. The molecule has 1 aliphatic rings. The Morgan fingerprint density at radius 2 is 1.83 bits per heavy atom. The maximum atomic E-state index is 13.4. The number of aromatic nitrogens is 2. The third-order valence-corrected chi connectivity index (χ3v) is 7.33. The Hall–Kier alpha value is -2.91. The summed E-state index contributed by atoms with van der Waals surface area (Å²) >= 11 is 0. The highest BCUT2D eigenvalue weighted by molar-refractivity contribution is 7.89. The van der Waals surface area contributed by atoms with Gasteiger partial charge >= 0.3 is 0 Å². The van der Waals surface area contributed by atoms with Crippen molar-refractivity contribution in [1.82, 2.24) is 14.4 Å². The quantitative estimate of drug-likeness (QED) is 0.617. The summed E-state index contributed by atoms with van der Waals surface area (Å²) in [4.78, 5) is 6.56. The van der Waals surface area contributed by atoms with Crippen molar-refractivity contribution >= 4 is 15.8 Å².